The van der Waals surface area contributed by atoms with Crippen molar-refractivity contribution in [2.24, 2.45) is 10.9 Å². The van der Waals surface area contributed by atoms with Gasteiger partial charge >= 0.3 is 0 Å². The number of hydrogen-bond donors (Lipinski definition) is 2. The van der Waals surface area contributed by atoms with Crippen molar-refractivity contribution in [1.82, 2.24) is 10.6 Å². The fourth-order valence-corrected chi connectivity index (χ4v) is 4.05. The molecule has 2 N–H and O–H groups in total. The number of hydrogen-bond acceptors (Lipinski definition) is 2. The maximum atomic E-state index is 5.93. The van der Waals surface area contributed by atoms with E-state index in [1.54, 1.807) is 0 Å². The summed E-state index contributed by atoms with van der Waals surface area (Å²) in [6, 6.07) is 11.3. The van der Waals surface area contributed by atoms with Gasteiger partial charge in [0.2, 0.25) is 0 Å². The predicted molar refractivity (Wildman–Crippen MR) is 108 cm³/mol. The number of halogens is 1. The molecular weight excluding hydrogens is 413 g/mol. The van der Waals surface area contributed by atoms with Crippen molar-refractivity contribution in [3.63, 3.8) is 0 Å². The highest BCUT2D eigenvalue weighted by atomic mass is 127. The van der Waals surface area contributed by atoms with Crippen LogP contribution in [0.5, 0.6) is 0 Å². The summed E-state index contributed by atoms with van der Waals surface area (Å²) in [6.07, 6.45) is 5.70. The topological polar surface area (TPSA) is 45.7 Å². The van der Waals surface area contributed by atoms with Crippen LogP contribution in [-0.2, 0) is 4.74 Å². The van der Waals surface area contributed by atoms with Crippen molar-refractivity contribution in [1.29, 1.82) is 0 Å². The Morgan fingerprint density at radius 1 is 1.21 bits per heavy atom. The molecule has 3 aliphatic rings. The smallest absolute Gasteiger partial charge is 0.191 e. The van der Waals surface area contributed by atoms with Crippen LogP contribution in [0.25, 0.3) is 0 Å². The molecule has 1 aromatic carbocycles. The Labute approximate surface area is 161 Å². The number of nitrogens with one attached hydrogen (secondary N) is 2. The second kappa shape index (κ2) is 8.04. The Morgan fingerprint density at radius 2 is 2.04 bits per heavy atom. The Balaban J connectivity index is 0.00000169. The molecule has 5 atom stereocenters. The van der Waals surface area contributed by atoms with E-state index >= 15 is 0 Å². The lowest BCUT2D eigenvalue weighted by Crippen LogP contribution is -2.47. The lowest BCUT2D eigenvalue weighted by molar-refractivity contribution is 0.0992. The maximum Gasteiger partial charge on any atom is 0.191 e. The molecule has 1 saturated carbocycles. The molecule has 2 heterocycles. The molecule has 0 amide bonds. The van der Waals surface area contributed by atoms with Gasteiger partial charge in [0, 0.05) is 13.1 Å². The molecule has 2 aliphatic heterocycles. The molecular formula is C19H28IN3O. The summed E-state index contributed by atoms with van der Waals surface area (Å²) in [5.41, 5.74) is 1.46. The zero-order chi connectivity index (χ0) is 15.6. The van der Waals surface area contributed by atoms with E-state index < -0.39 is 0 Å². The number of guanidine groups is 1. The van der Waals surface area contributed by atoms with Crippen molar-refractivity contribution in [2.45, 2.75) is 56.8 Å². The molecule has 2 bridgehead atoms. The first-order valence-corrected chi connectivity index (χ1v) is 9.08. The summed E-state index contributed by atoms with van der Waals surface area (Å²) < 4.78 is 5.93. The molecule has 132 valence electrons. The second-order valence-corrected chi connectivity index (χ2v) is 7.09. The normalized spacial score (nSPS) is 33.9. The van der Waals surface area contributed by atoms with Crippen molar-refractivity contribution in [3.8, 4) is 0 Å². The third-order valence-electron chi connectivity index (χ3n) is 5.41. The molecule has 5 unspecified atom stereocenters. The number of aliphatic imine (C=N–C) groups is 1. The van der Waals surface area contributed by atoms with Crippen molar-refractivity contribution >= 4 is 29.9 Å². The molecule has 24 heavy (non-hydrogen) atoms. The van der Waals surface area contributed by atoms with Crippen LogP contribution in [-0.4, -0.2) is 37.3 Å². The Kier molecular flexibility index (Phi) is 6.02. The van der Waals surface area contributed by atoms with E-state index in [-0.39, 0.29) is 24.0 Å². The SMILES string of the molecule is CCNC(=NCC1CC1c1ccccc1)NC1CC2CCC1O2.I. The average molecular weight is 441 g/mol. The molecule has 1 aliphatic carbocycles. The van der Waals surface area contributed by atoms with Gasteiger partial charge in [0.15, 0.2) is 5.96 Å². The summed E-state index contributed by atoms with van der Waals surface area (Å²) in [5.74, 6) is 2.37. The largest absolute Gasteiger partial charge is 0.373 e. The van der Waals surface area contributed by atoms with Gasteiger partial charge in [-0.15, -0.1) is 24.0 Å². The van der Waals surface area contributed by atoms with Crippen LogP contribution in [0.1, 0.15) is 44.1 Å². The molecule has 4 rings (SSSR count). The van der Waals surface area contributed by atoms with Crippen LogP contribution < -0.4 is 10.6 Å². The van der Waals surface area contributed by atoms with Gasteiger partial charge in [0.1, 0.15) is 0 Å². The van der Waals surface area contributed by atoms with Gasteiger partial charge in [-0.1, -0.05) is 30.3 Å². The molecule has 3 fully saturated rings. The Morgan fingerprint density at radius 3 is 2.71 bits per heavy atom. The third-order valence-corrected chi connectivity index (χ3v) is 5.41. The monoisotopic (exact) mass is 441 g/mol. The van der Waals surface area contributed by atoms with Gasteiger partial charge in [0.05, 0.1) is 18.2 Å². The van der Waals surface area contributed by atoms with E-state index in [4.69, 9.17) is 9.73 Å². The molecule has 0 radical (unpaired) electrons. The van der Waals surface area contributed by atoms with E-state index in [2.05, 4.69) is 47.9 Å². The minimum atomic E-state index is 0. The zero-order valence-corrected chi connectivity index (χ0v) is 16.6. The fourth-order valence-electron chi connectivity index (χ4n) is 4.05. The summed E-state index contributed by atoms with van der Waals surface area (Å²) in [4.78, 5) is 4.84. The van der Waals surface area contributed by atoms with Gasteiger partial charge in [-0.3, -0.25) is 4.99 Å². The highest BCUT2D eigenvalue weighted by molar-refractivity contribution is 14.0. The minimum Gasteiger partial charge on any atom is -0.373 e. The highest BCUT2D eigenvalue weighted by Gasteiger charge is 2.41. The minimum absolute atomic E-state index is 0. The van der Waals surface area contributed by atoms with Gasteiger partial charge in [-0.25, -0.2) is 0 Å². The Bertz CT molecular complexity index is 565. The van der Waals surface area contributed by atoms with E-state index in [1.807, 2.05) is 0 Å². The van der Waals surface area contributed by atoms with Gasteiger partial charge in [0.25, 0.3) is 0 Å². The molecule has 2 saturated heterocycles. The van der Waals surface area contributed by atoms with Crippen LogP contribution >= 0.6 is 24.0 Å². The van der Waals surface area contributed by atoms with Crippen molar-refractivity contribution < 1.29 is 4.74 Å². The fraction of sp³-hybridized carbons (Fsp3) is 0.632. The number of nitrogens with zero attached hydrogens (tertiary/aromatic N) is 1. The summed E-state index contributed by atoms with van der Waals surface area (Å²) in [6.45, 7) is 3.94. The van der Waals surface area contributed by atoms with E-state index in [0.717, 1.165) is 25.5 Å². The highest BCUT2D eigenvalue weighted by Crippen LogP contribution is 2.47. The molecule has 1 aromatic rings. The quantitative estimate of drug-likeness (QED) is 0.419. The zero-order valence-electron chi connectivity index (χ0n) is 14.3. The second-order valence-electron chi connectivity index (χ2n) is 7.09. The number of ether oxygens (including phenoxy) is 1. The lowest BCUT2D eigenvalue weighted by atomic mass is 9.96. The summed E-state index contributed by atoms with van der Waals surface area (Å²) in [5, 5.41) is 6.99. The molecule has 0 spiro atoms. The standard InChI is InChI=1S/C19H27N3O.HI/c1-2-20-19(22-17-11-15-8-9-18(17)23-15)21-12-14-10-16(14)13-6-4-3-5-7-13;/h3-7,14-18H,2,8-12H2,1H3,(H2,20,21,22);1H. The molecule has 5 heteroatoms. The van der Waals surface area contributed by atoms with Crippen molar-refractivity contribution in [2.75, 3.05) is 13.1 Å². The van der Waals surface area contributed by atoms with Gasteiger partial charge in [-0.2, -0.15) is 0 Å². The number of rotatable bonds is 5. The number of benzene rings is 1. The van der Waals surface area contributed by atoms with Gasteiger partial charge < -0.3 is 15.4 Å². The van der Waals surface area contributed by atoms with Crippen molar-refractivity contribution in [3.05, 3.63) is 35.9 Å². The summed E-state index contributed by atoms with van der Waals surface area (Å²) >= 11 is 0. The third kappa shape index (κ3) is 4.04. The van der Waals surface area contributed by atoms with Crippen LogP contribution in [0.2, 0.25) is 0 Å². The van der Waals surface area contributed by atoms with E-state index in [1.165, 1.54) is 24.8 Å². The maximum absolute atomic E-state index is 5.93. The molecule has 4 nitrogen and oxygen atoms in total. The average Bonchev–Trinajstić information content (AvgIpc) is 3.06. The molecule has 0 aromatic heterocycles. The van der Waals surface area contributed by atoms with Crippen LogP contribution in [0.3, 0.4) is 0 Å². The lowest BCUT2D eigenvalue weighted by Gasteiger charge is -2.22. The first-order chi connectivity index (χ1) is 11.3. The Hall–Kier alpha value is -0.820. The van der Waals surface area contributed by atoms with E-state index in [0.29, 0.717) is 30.1 Å². The first kappa shape index (κ1) is 18.0. The van der Waals surface area contributed by atoms with Gasteiger partial charge in [-0.05, 0) is 50.0 Å². The van der Waals surface area contributed by atoms with E-state index in [9.17, 15) is 0 Å². The predicted octanol–water partition coefficient (Wildman–Crippen LogP) is 3.28. The van der Waals surface area contributed by atoms with Crippen LogP contribution in [0, 0.1) is 5.92 Å². The van der Waals surface area contributed by atoms with Crippen LogP contribution in [0.4, 0.5) is 0 Å². The first-order valence-electron chi connectivity index (χ1n) is 9.08. The summed E-state index contributed by atoms with van der Waals surface area (Å²) in [7, 11) is 0. The number of fused-ring (bicyclic) bond motifs is 2. The van der Waals surface area contributed by atoms with Crippen LogP contribution in [0.15, 0.2) is 35.3 Å².